The van der Waals surface area contributed by atoms with Gasteiger partial charge in [-0.15, -0.1) is 0 Å². The smallest absolute Gasteiger partial charge is 0.167 e. The maximum absolute atomic E-state index is 8.77. The molecular weight excluding hydrogens is 274 g/mol. The molecule has 4 nitrogen and oxygen atoms in total. The summed E-state index contributed by atoms with van der Waals surface area (Å²) in [6.07, 6.45) is 3.24. The number of nitrogens with zero attached hydrogens (tertiary/aromatic N) is 3. The van der Waals surface area contributed by atoms with E-state index in [2.05, 4.69) is 16.2 Å². The first kappa shape index (κ1) is 12.4. The first-order valence-corrected chi connectivity index (χ1v) is 6.22. The van der Waals surface area contributed by atoms with Crippen molar-refractivity contribution in [1.82, 2.24) is 10.1 Å². The molecule has 0 N–H and O–H groups in total. The molecule has 0 aliphatic rings. The van der Waals surface area contributed by atoms with Crippen molar-refractivity contribution in [3.63, 3.8) is 0 Å². The average Bonchev–Trinajstić information content (AvgIpc) is 2.97. The normalized spacial score (nSPS) is 10.2. The Kier molecular flexibility index (Phi) is 3.20. The van der Waals surface area contributed by atoms with Crippen LogP contribution in [0.3, 0.4) is 0 Å². The van der Waals surface area contributed by atoms with E-state index in [-0.39, 0.29) is 0 Å². The molecule has 0 spiro atoms. The van der Waals surface area contributed by atoms with E-state index in [1.807, 2.05) is 18.2 Å². The number of hydrogen-bond donors (Lipinski definition) is 0. The van der Waals surface area contributed by atoms with E-state index in [0.29, 0.717) is 22.0 Å². The first-order chi connectivity index (χ1) is 9.76. The summed E-state index contributed by atoms with van der Waals surface area (Å²) in [5, 5.41) is 13.3. The van der Waals surface area contributed by atoms with Crippen LogP contribution in [0, 0.1) is 11.3 Å². The van der Waals surface area contributed by atoms with Crippen LogP contribution in [-0.2, 0) is 0 Å². The van der Waals surface area contributed by atoms with Crippen LogP contribution < -0.4 is 0 Å². The Labute approximate surface area is 120 Å². The average molecular weight is 282 g/mol. The van der Waals surface area contributed by atoms with E-state index >= 15 is 0 Å². The number of benzene rings is 1. The number of nitriles is 1. The van der Waals surface area contributed by atoms with Crippen LogP contribution in [0.1, 0.15) is 5.56 Å². The molecule has 2 heterocycles. The molecule has 0 saturated carbocycles. The van der Waals surface area contributed by atoms with Crippen molar-refractivity contribution in [2.24, 2.45) is 0 Å². The quantitative estimate of drug-likeness (QED) is 0.714. The third-order valence-corrected chi connectivity index (χ3v) is 3.02. The summed E-state index contributed by atoms with van der Waals surface area (Å²) in [4.78, 5) is 4.02. The van der Waals surface area contributed by atoms with Gasteiger partial charge in [-0.05, 0) is 30.3 Å². The Morgan fingerprint density at radius 3 is 2.55 bits per heavy atom. The highest BCUT2D eigenvalue weighted by Crippen LogP contribution is 2.26. The van der Waals surface area contributed by atoms with Gasteiger partial charge in [0.15, 0.2) is 5.76 Å². The lowest BCUT2D eigenvalue weighted by Gasteiger charge is -1.95. The van der Waals surface area contributed by atoms with Crippen LogP contribution in [0.15, 0.2) is 53.3 Å². The summed E-state index contributed by atoms with van der Waals surface area (Å²) in [5.74, 6) is 0.629. The molecule has 5 heteroatoms. The summed E-state index contributed by atoms with van der Waals surface area (Å²) in [5.41, 5.74) is 2.92. The van der Waals surface area contributed by atoms with Gasteiger partial charge in [0.25, 0.3) is 0 Å². The SMILES string of the molecule is N#Cc1ccc(-c2cc(-c3cncc(Cl)c3)no2)cc1. The monoisotopic (exact) mass is 281 g/mol. The Bertz CT molecular complexity index is 787. The second kappa shape index (κ2) is 5.16. The molecule has 0 fully saturated rings. The lowest BCUT2D eigenvalue weighted by Crippen LogP contribution is -1.79. The van der Waals surface area contributed by atoms with Gasteiger partial charge < -0.3 is 4.52 Å². The molecule has 0 bridgehead atoms. The van der Waals surface area contributed by atoms with Gasteiger partial charge in [-0.25, -0.2) is 0 Å². The lowest BCUT2D eigenvalue weighted by molar-refractivity contribution is 0.435. The van der Waals surface area contributed by atoms with E-state index in [4.69, 9.17) is 21.4 Å². The van der Waals surface area contributed by atoms with Gasteiger partial charge in [0, 0.05) is 29.6 Å². The Morgan fingerprint density at radius 1 is 1.05 bits per heavy atom. The van der Waals surface area contributed by atoms with Crippen LogP contribution in [0.4, 0.5) is 0 Å². The van der Waals surface area contributed by atoms with Gasteiger partial charge in [-0.2, -0.15) is 5.26 Å². The predicted molar refractivity (Wildman–Crippen MR) is 74.9 cm³/mol. The van der Waals surface area contributed by atoms with Gasteiger partial charge in [0.2, 0.25) is 0 Å². The van der Waals surface area contributed by atoms with E-state index in [0.717, 1.165) is 11.1 Å². The molecule has 0 atom stereocenters. The Morgan fingerprint density at radius 2 is 1.85 bits per heavy atom. The van der Waals surface area contributed by atoms with Crippen molar-refractivity contribution in [2.45, 2.75) is 0 Å². The van der Waals surface area contributed by atoms with Gasteiger partial charge in [0.1, 0.15) is 5.69 Å². The van der Waals surface area contributed by atoms with Crippen molar-refractivity contribution in [1.29, 1.82) is 5.26 Å². The van der Waals surface area contributed by atoms with E-state index in [1.165, 1.54) is 0 Å². The Balaban J connectivity index is 1.95. The number of pyridine rings is 1. The topological polar surface area (TPSA) is 62.7 Å². The second-order valence-corrected chi connectivity index (χ2v) is 4.59. The van der Waals surface area contributed by atoms with Crippen LogP contribution >= 0.6 is 11.6 Å². The van der Waals surface area contributed by atoms with E-state index < -0.39 is 0 Å². The minimum Gasteiger partial charge on any atom is -0.356 e. The van der Waals surface area contributed by atoms with Gasteiger partial charge in [-0.3, -0.25) is 4.98 Å². The largest absolute Gasteiger partial charge is 0.356 e. The summed E-state index contributed by atoms with van der Waals surface area (Å²) in [6.45, 7) is 0. The fourth-order valence-electron chi connectivity index (χ4n) is 1.81. The third-order valence-electron chi connectivity index (χ3n) is 2.81. The molecule has 3 aromatic rings. The van der Waals surface area contributed by atoms with E-state index in [1.54, 1.807) is 30.6 Å². The minimum absolute atomic E-state index is 0.547. The maximum Gasteiger partial charge on any atom is 0.167 e. The maximum atomic E-state index is 8.77. The van der Waals surface area contributed by atoms with Crippen molar-refractivity contribution in [2.75, 3.05) is 0 Å². The van der Waals surface area contributed by atoms with Crippen molar-refractivity contribution in [3.8, 4) is 28.7 Å². The standard InChI is InChI=1S/C15H8ClN3O/c16-13-5-12(8-18-9-13)14-6-15(20-19-14)11-3-1-10(7-17)2-4-11/h1-6,8-9H. The van der Waals surface area contributed by atoms with Crippen molar-refractivity contribution < 1.29 is 4.52 Å². The molecule has 1 aromatic carbocycles. The van der Waals surface area contributed by atoms with Gasteiger partial charge in [0.05, 0.1) is 16.7 Å². The fraction of sp³-hybridized carbons (Fsp3) is 0. The molecular formula is C15H8ClN3O. The molecule has 0 aliphatic heterocycles. The third kappa shape index (κ3) is 2.40. The van der Waals surface area contributed by atoms with Gasteiger partial charge in [-0.1, -0.05) is 16.8 Å². The molecule has 0 unspecified atom stereocenters. The molecule has 0 radical (unpaired) electrons. The lowest BCUT2D eigenvalue weighted by atomic mass is 10.1. The Hall–Kier alpha value is -2.64. The number of aromatic nitrogens is 2. The zero-order valence-electron chi connectivity index (χ0n) is 10.2. The minimum atomic E-state index is 0.547. The number of rotatable bonds is 2. The zero-order valence-corrected chi connectivity index (χ0v) is 11.0. The first-order valence-electron chi connectivity index (χ1n) is 5.84. The summed E-state index contributed by atoms with van der Waals surface area (Å²) < 4.78 is 5.31. The summed E-state index contributed by atoms with van der Waals surface area (Å²) >= 11 is 5.90. The second-order valence-electron chi connectivity index (χ2n) is 4.16. The van der Waals surface area contributed by atoms with Crippen LogP contribution in [-0.4, -0.2) is 10.1 Å². The highest BCUT2D eigenvalue weighted by atomic mass is 35.5. The molecule has 20 heavy (non-hydrogen) atoms. The highest BCUT2D eigenvalue weighted by molar-refractivity contribution is 6.30. The van der Waals surface area contributed by atoms with Gasteiger partial charge >= 0.3 is 0 Å². The predicted octanol–water partition coefficient (Wildman–Crippen LogP) is 3.93. The molecule has 96 valence electrons. The summed E-state index contributed by atoms with van der Waals surface area (Å²) in [6, 6.07) is 12.8. The molecule has 0 aliphatic carbocycles. The van der Waals surface area contributed by atoms with Crippen LogP contribution in [0.25, 0.3) is 22.6 Å². The number of hydrogen-bond acceptors (Lipinski definition) is 4. The highest BCUT2D eigenvalue weighted by Gasteiger charge is 2.09. The van der Waals surface area contributed by atoms with Crippen LogP contribution in [0.5, 0.6) is 0 Å². The van der Waals surface area contributed by atoms with E-state index in [9.17, 15) is 0 Å². The molecule has 2 aromatic heterocycles. The fourth-order valence-corrected chi connectivity index (χ4v) is 1.98. The summed E-state index contributed by atoms with van der Waals surface area (Å²) in [7, 11) is 0. The zero-order chi connectivity index (χ0) is 13.9. The number of halogens is 1. The van der Waals surface area contributed by atoms with Crippen molar-refractivity contribution >= 4 is 11.6 Å². The molecule has 3 rings (SSSR count). The molecule has 0 amide bonds. The molecule has 0 saturated heterocycles. The van der Waals surface area contributed by atoms with Crippen molar-refractivity contribution in [3.05, 3.63) is 59.4 Å². The van der Waals surface area contributed by atoms with Crippen LogP contribution in [0.2, 0.25) is 5.02 Å².